The molecule has 1 N–H and O–H groups in total. The number of hydrogen-bond acceptors (Lipinski definition) is 1. The zero-order valence-corrected chi connectivity index (χ0v) is 10.6. The second kappa shape index (κ2) is 5.70. The lowest BCUT2D eigenvalue weighted by Gasteiger charge is -2.28. The third kappa shape index (κ3) is 3.50. The minimum Gasteiger partial charge on any atom is -0.314 e. The van der Waals surface area contributed by atoms with E-state index in [1.54, 1.807) is 0 Å². The Morgan fingerprint density at radius 3 is 2.88 bits per heavy atom. The lowest BCUT2D eigenvalue weighted by Crippen LogP contribution is -2.38. The van der Waals surface area contributed by atoms with Crippen molar-refractivity contribution in [3.63, 3.8) is 0 Å². The maximum absolute atomic E-state index is 5.97. The van der Waals surface area contributed by atoms with E-state index in [1.165, 1.54) is 24.8 Å². The van der Waals surface area contributed by atoms with Crippen LogP contribution < -0.4 is 5.32 Å². The summed E-state index contributed by atoms with van der Waals surface area (Å²) in [5, 5.41) is 4.46. The molecule has 0 bridgehead atoms. The summed E-state index contributed by atoms with van der Waals surface area (Å²) in [6, 6.07) is 8.99. The smallest absolute Gasteiger partial charge is 0.0408 e. The molecule has 0 spiro atoms. The van der Waals surface area contributed by atoms with Gasteiger partial charge in [-0.1, -0.05) is 37.1 Å². The molecule has 0 radical (unpaired) electrons. The molecule has 1 nitrogen and oxygen atoms in total. The number of hydrogen-bond donors (Lipinski definition) is 1. The first-order valence-electron chi connectivity index (χ1n) is 6.22. The Morgan fingerprint density at radius 1 is 1.44 bits per heavy atom. The molecule has 0 aromatic heterocycles. The van der Waals surface area contributed by atoms with Crippen LogP contribution in [0.25, 0.3) is 0 Å². The van der Waals surface area contributed by atoms with E-state index in [0.29, 0.717) is 5.92 Å². The maximum atomic E-state index is 5.97. The fourth-order valence-electron chi connectivity index (χ4n) is 2.12. The molecule has 2 rings (SSSR count). The van der Waals surface area contributed by atoms with Crippen LogP contribution in [-0.2, 0) is 6.42 Å². The lowest BCUT2D eigenvalue weighted by molar-refractivity contribution is 0.320. The third-order valence-corrected chi connectivity index (χ3v) is 3.57. The van der Waals surface area contributed by atoms with Crippen LogP contribution in [0.4, 0.5) is 0 Å². The Morgan fingerprint density at radius 2 is 2.25 bits per heavy atom. The summed E-state index contributed by atoms with van der Waals surface area (Å²) in [5.74, 6) is 0.680. The van der Waals surface area contributed by atoms with E-state index in [9.17, 15) is 0 Å². The summed E-state index contributed by atoms with van der Waals surface area (Å²) in [6.07, 6.45) is 5.24. The van der Waals surface area contributed by atoms with Gasteiger partial charge in [-0.3, -0.25) is 0 Å². The Balaban J connectivity index is 1.75. The van der Waals surface area contributed by atoms with Gasteiger partial charge in [-0.2, -0.15) is 0 Å². The van der Waals surface area contributed by atoms with E-state index >= 15 is 0 Å². The highest BCUT2D eigenvalue weighted by Crippen LogP contribution is 2.19. The fourth-order valence-corrected chi connectivity index (χ4v) is 2.33. The number of rotatable bonds is 5. The molecule has 2 heteroatoms. The van der Waals surface area contributed by atoms with Crippen molar-refractivity contribution in [2.75, 3.05) is 6.54 Å². The summed E-state index contributed by atoms with van der Waals surface area (Å²) in [7, 11) is 0. The van der Waals surface area contributed by atoms with Gasteiger partial charge in [0.1, 0.15) is 0 Å². The molecule has 1 aliphatic carbocycles. The van der Waals surface area contributed by atoms with Crippen LogP contribution in [0.3, 0.4) is 0 Å². The highest BCUT2D eigenvalue weighted by atomic mass is 35.5. The Hall–Kier alpha value is -0.530. The van der Waals surface area contributed by atoms with Crippen LogP contribution in [0, 0.1) is 5.92 Å². The average Bonchev–Trinajstić information content (AvgIpc) is 2.15. The second-order valence-electron chi connectivity index (χ2n) is 4.98. The molecule has 0 heterocycles. The van der Waals surface area contributed by atoms with Crippen LogP contribution in [-0.4, -0.2) is 12.6 Å². The van der Waals surface area contributed by atoms with Crippen LogP contribution in [0.1, 0.15) is 31.7 Å². The standard InChI is InChI=1S/C14H20ClN/c1-11(10-16-14-6-3-7-14)8-12-4-2-5-13(15)9-12/h2,4-5,9,11,14,16H,3,6-8,10H2,1H3. The van der Waals surface area contributed by atoms with E-state index in [4.69, 9.17) is 11.6 Å². The van der Waals surface area contributed by atoms with Crippen LogP contribution in [0.15, 0.2) is 24.3 Å². The number of benzene rings is 1. The fraction of sp³-hybridized carbons (Fsp3) is 0.571. The molecule has 1 fully saturated rings. The summed E-state index contributed by atoms with van der Waals surface area (Å²) < 4.78 is 0. The SMILES string of the molecule is CC(CNC1CCC1)Cc1cccc(Cl)c1. The molecule has 1 aromatic carbocycles. The molecule has 1 unspecified atom stereocenters. The number of nitrogens with one attached hydrogen (secondary N) is 1. The van der Waals surface area contributed by atoms with E-state index in [1.807, 2.05) is 12.1 Å². The first kappa shape index (κ1) is 11.9. The quantitative estimate of drug-likeness (QED) is 0.824. The molecule has 1 saturated carbocycles. The van der Waals surface area contributed by atoms with Gasteiger partial charge in [-0.25, -0.2) is 0 Å². The van der Waals surface area contributed by atoms with Gasteiger partial charge in [0.05, 0.1) is 0 Å². The van der Waals surface area contributed by atoms with Gasteiger partial charge >= 0.3 is 0 Å². The normalized spacial score (nSPS) is 18.1. The minimum atomic E-state index is 0.680. The first-order chi connectivity index (χ1) is 7.74. The molecule has 1 atom stereocenters. The van der Waals surface area contributed by atoms with Gasteiger partial charge in [0.15, 0.2) is 0 Å². The molecule has 0 amide bonds. The van der Waals surface area contributed by atoms with Crippen molar-refractivity contribution in [2.24, 2.45) is 5.92 Å². The average molecular weight is 238 g/mol. The summed E-state index contributed by atoms with van der Waals surface area (Å²) in [6.45, 7) is 3.42. The maximum Gasteiger partial charge on any atom is 0.0408 e. The van der Waals surface area contributed by atoms with Gasteiger partial charge < -0.3 is 5.32 Å². The topological polar surface area (TPSA) is 12.0 Å². The second-order valence-corrected chi connectivity index (χ2v) is 5.41. The third-order valence-electron chi connectivity index (χ3n) is 3.33. The summed E-state index contributed by atoms with van der Waals surface area (Å²) >= 11 is 5.97. The molecular weight excluding hydrogens is 218 g/mol. The Bertz CT molecular complexity index is 333. The van der Waals surface area contributed by atoms with Crippen molar-refractivity contribution < 1.29 is 0 Å². The molecule has 1 aliphatic rings. The minimum absolute atomic E-state index is 0.680. The predicted molar refractivity (Wildman–Crippen MR) is 70.0 cm³/mol. The Kier molecular flexibility index (Phi) is 4.25. The van der Waals surface area contributed by atoms with Crippen LogP contribution in [0.5, 0.6) is 0 Å². The van der Waals surface area contributed by atoms with Gasteiger partial charge in [-0.15, -0.1) is 0 Å². The first-order valence-corrected chi connectivity index (χ1v) is 6.59. The van der Waals surface area contributed by atoms with Gasteiger partial charge in [-0.05, 0) is 49.4 Å². The van der Waals surface area contributed by atoms with Gasteiger partial charge in [0.25, 0.3) is 0 Å². The summed E-state index contributed by atoms with van der Waals surface area (Å²) in [4.78, 5) is 0. The Labute approximate surface area is 103 Å². The van der Waals surface area contributed by atoms with Gasteiger partial charge in [0.2, 0.25) is 0 Å². The molecule has 16 heavy (non-hydrogen) atoms. The van der Waals surface area contributed by atoms with Crippen molar-refractivity contribution in [3.05, 3.63) is 34.9 Å². The summed E-state index contributed by atoms with van der Waals surface area (Å²) in [5.41, 5.74) is 1.34. The number of halogens is 1. The monoisotopic (exact) mass is 237 g/mol. The van der Waals surface area contributed by atoms with Crippen molar-refractivity contribution in [3.8, 4) is 0 Å². The van der Waals surface area contributed by atoms with E-state index in [-0.39, 0.29) is 0 Å². The molecule has 0 saturated heterocycles. The zero-order chi connectivity index (χ0) is 11.4. The largest absolute Gasteiger partial charge is 0.314 e. The highest BCUT2D eigenvalue weighted by Gasteiger charge is 2.17. The molecular formula is C14H20ClN. The van der Waals surface area contributed by atoms with Gasteiger partial charge in [0, 0.05) is 11.1 Å². The lowest BCUT2D eigenvalue weighted by atomic mass is 9.92. The molecule has 1 aromatic rings. The van der Waals surface area contributed by atoms with Crippen LogP contribution in [0.2, 0.25) is 5.02 Å². The zero-order valence-electron chi connectivity index (χ0n) is 9.88. The van der Waals surface area contributed by atoms with E-state index in [2.05, 4.69) is 24.4 Å². The predicted octanol–water partition coefficient (Wildman–Crippen LogP) is 3.66. The van der Waals surface area contributed by atoms with Crippen molar-refractivity contribution in [1.29, 1.82) is 0 Å². The highest BCUT2D eigenvalue weighted by molar-refractivity contribution is 6.30. The van der Waals surface area contributed by atoms with Crippen molar-refractivity contribution >= 4 is 11.6 Å². The van der Waals surface area contributed by atoms with Crippen LogP contribution >= 0.6 is 11.6 Å². The van der Waals surface area contributed by atoms with E-state index < -0.39 is 0 Å². The van der Waals surface area contributed by atoms with Crippen molar-refractivity contribution in [2.45, 2.75) is 38.6 Å². The molecule has 88 valence electrons. The van der Waals surface area contributed by atoms with E-state index in [0.717, 1.165) is 24.0 Å². The van der Waals surface area contributed by atoms with Crippen molar-refractivity contribution in [1.82, 2.24) is 5.32 Å². The molecule has 0 aliphatic heterocycles.